The Balaban J connectivity index is 1.46. The summed E-state index contributed by atoms with van der Waals surface area (Å²) in [5, 5.41) is 10.3. The number of thiazole rings is 1. The summed E-state index contributed by atoms with van der Waals surface area (Å²) >= 11 is 7.49. The largest absolute Gasteiger partial charge is 0.490 e. The number of rotatable bonds is 11. The molecule has 0 spiro atoms. The smallest absolute Gasteiger partial charge is 0.251 e. The van der Waals surface area contributed by atoms with E-state index < -0.39 is 0 Å². The highest BCUT2D eigenvalue weighted by Crippen LogP contribution is 2.39. The maximum absolute atomic E-state index is 12.9. The Hall–Kier alpha value is -3.30. The van der Waals surface area contributed by atoms with Crippen molar-refractivity contribution in [2.45, 2.75) is 27.2 Å². The first kappa shape index (κ1) is 24.8. The van der Waals surface area contributed by atoms with E-state index in [4.69, 9.17) is 25.8 Å². The minimum Gasteiger partial charge on any atom is -0.490 e. The lowest BCUT2D eigenvalue weighted by Gasteiger charge is -2.17. The lowest BCUT2D eigenvalue weighted by molar-refractivity contribution is 0.0953. The van der Waals surface area contributed by atoms with Gasteiger partial charge in [0.1, 0.15) is 0 Å². The zero-order valence-electron chi connectivity index (χ0n) is 19.8. The van der Waals surface area contributed by atoms with E-state index in [0.29, 0.717) is 66.4 Å². The van der Waals surface area contributed by atoms with Gasteiger partial charge < -0.3 is 19.5 Å². The normalized spacial score (nSPS) is 11.0. The molecule has 0 aliphatic heterocycles. The molecule has 10 heteroatoms. The minimum atomic E-state index is -0.220. The highest BCUT2D eigenvalue weighted by Gasteiger charge is 2.18. The summed E-state index contributed by atoms with van der Waals surface area (Å²) in [5.41, 5.74) is 2.31. The first-order valence-corrected chi connectivity index (χ1v) is 12.7. The lowest BCUT2D eigenvalue weighted by atomic mass is 10.1. The highest BCUT2D eigenvalue weighted by atomic mass is 35.5. The van der Waals surface area contributed by atoms with Crippen LogP contribution in [-0.4, -0.2) is 46.9 Å². The van der Waals surface area contributed by atoms with Gasteiger partial charge in [-0.25, -0.2) is 4.52 Å². The number of halogens is 1. The van der Waals surface area contributed by atoms with E-state index >= 15 is 0 Å². The number of fused-ring (bicyclic) bond motifs is 1. The maximum atomic E-state index is 12.9. The molecule has 35 heavy (non-hydrogen) atoms. The molecule has 0 aliphatic carbocycles. The number of hydrogen-bond acceptors (Lipinski definition) is 7. The Kier molecular flexibility index (Phi) is 8.09. The van der Waals surface area contributed by atoms with Gasteiger partial charge in [-0.1, -0.05) is 11.6 Å². The fourth-order valence-electron chi connectivity index (χ4n) is 3.54. The van der Waals surface area contributed by atoms with E-state index in [1.807, 2.05) is 54.9 Å². The maximum Gasteiger partial charge on any atom is 0.251 e. The van der Waals surface area contributed by atoms with E-state index in [1.165, 1.54) is 11.3 Å². The second kappa shape index (κ2) is 11.4. The van der Waals surface area contributed by atoms with Gasteiger partial charge in [-0.3, -0.25) is 4.79 Å². The van der Waals surface area contributed by atoms with Crippen LogP contribution in [0, 0.1) is 0 Å². The van der Waals surface area contributed by atoms with Crippen molar-refractivity contribution in [1.82, 2.24) is 19.9 Å². The predicted molar refractivity (Wildman–Crippen MR) is 137 cm³/mol. The van der Waals surface area contributed by atoms with E-state index in [1.54, 1.807) is 12.1 Å². The van der Waals surface area contributed by atoms with Gasteiger partial charge in [-0.15, -0.1) is 16.4 Å². The van der Waals surface area contributed by atoms with Crippen molar-refractivity contribution in [2.75, 3.05) is 26.4 Å². The van der Waals surface area contributed by atoms with E-state index in [9.17, 15) is 4.79 Å². The number of hydrogen-bond donors (Lipinski definition) is 1. The molecule has 4 aromatic rings. The topological polar surface area (TPSA) is 87.0 Å². The van der Waals surface area contributed by atoms with Crippen LogP contribution < -0.4 is 19.5 Å². The standard InChI is InChI=1S/C25H27ClN4O4S/c1-4-32-20-13-17(14-21(33-5-2)22(20)34-6-3)24(31)27-12-11-19-15-35-25-28-23(29-30(19)25)16-7-9-18(26)10-8-16/h7-10,13-15H,4-6,11-12H2,1-3H3,(H,27,31). The molecule has 1 N–H and O–H groups in total. The number of benzene rings is 2. The van der Waals surface area contributed by atoms with Gasteiger partial charge in [0.05, 0.1) is 25.5 Å². The van der Waals surface area contributed by atoms with Crippen molar-refractivity contribution in [3.63, 3.8) is 0 Å². The Morgan fingerprint density at radius 2 is 1.69 bits per heavy atom. The number of carbonyl (C=O) groups excluding carboxylic acids is 1. The number of amides is 1. The van der Waals surface area contributed by atoms with Crippen molar-refractivity contribution in [1.29, 1.82) is 0 Å². The van der Waals surface area contributed by atoms with Crippen LogP contribution in [-0.2, 0) is 6.42 Å². The quantitative estimate of drug-likeness (QED) is 0.293. The van der Waals surface area contributed by atoms with Crippen LogP contribution in [0.25, 0.3) is 16.3 Å². The van der Waals surface area contributed by atoms with Crippen molar-refractivity contribution in [3.8, 4) is 28.6 Å². The van der Waals surface area contributed by atoms with Crippen molar-refractivity contribution < 1.29 is 19.0 Å². The molecule has 8 nitrogen and oxygen atoms in total. The molecule has 0 radical (unpaired) electrons. The molecule has 0 saturated heterocycles. The molecule has 184 valence electrons. The average Bonchev–Trinajstić information content (AvgIpc) is 3.43. The van der Waals surface area contributed by atoms with Crippen LogP contribution in [0.15, 0.2) is 41.8 Å². The average molecular weight is 515 g/mol. The van der Waals surface area contributed by atoms with Crippen LogP contribution >= 0.6 is 22.9 Å². The Morgan fingerprint density at radius 1 is 1.03 bits per heavy atom. The van der Waals surface area contributed by atoms with Crippen LogP contribution in [0.5, 0.6) is 17.2 Å². The highest BCUT2D eigenvalue weighted by molar-refractivity contribution is 7.15. The lowest BCUT2D eigenvalue weighted by Crippen LogP contribution is -2.26. The molecule has 0 bridgehead atoms. The van der Waals surface area contributed by atoms with Gasteiger partial charge in [0.2, 0.25) is 10.7 Å². The molecule has 2 aromatic carbocycles. The minimum absolute atomic E-state index is 0.220. The summed E-state index contributed by atoms with van der Waals surface area (Å²) in [6.07, 6.45) is 0.600. The van der Waals surface area contributed by atoms with Crippen molar-refractivity contribution in [3.05, 3.63) is 58.1 Å². The molecule has 1 amide bonds. The SMILES string of the molecule is CCOc1cc(C(=O)NCCc2csc3nc(-c4ccc(Cl)cc4)nn23)cc(OCC)c1OCC. The predicted octanol–water partition coefficient (Wildman–Crippen LogP) is 5.28. The van der Waals surface area contributed by atoms with E-state index in [-0.39, 0.29) is 5.91 Å². The number of aromatic nitrogens is 3. The molecule has 0 aliphatic rings. The van der Waals surface area contributed by atoms with Crippen LogP contribution in [0.1, 0.15) is 36.8 Å². The van der Waals surface area contributed by atoms with Gasteiger partial charge in [0.15, 0.2) is 17.3 Å². The molecule has 0 fully saturated rings. The molecule has 0 atom stereocenters. The molecule has 0 saturated carbocycles. The molecule has 4 rings (SSSR count). The fraction of sp³-hybridized carbons (Fsp3) is 0.320. The zero-order valence-corrected chi connectivity index (χ0v) is 21.4. The van der Waals surface area contributed by atoms with E-state index in [0.717, 1.165) is 16.2 Å². The Labute approximate surface area is 212 Å². The summed E-state index contributed by atoms with van der Waals surface area (Å²) in [5.74, 6) is 1.91. The Bertz CT molecular complexity index is 1280. The summed E-state index contributed by atoms with van der Waals surface area (Å²) < 4.78 is 19.0. The van der Waals surface area contributed by atoms with Crippen LogP contribution in [0.4, 0.5) is 0 Å². The van der Waals surface area contributed by atoms with Gasteiger partial charge in [-0.05, 0) is 57.2 Å². The van der Waals surface area contributed by atoms with E-state index in [2.05, 4.69) is 15.4 Å². The fourth-order valence-corrected chi connectivity index (χ4v) is 4.53. The number of nitrogens with zero attached hydrogens (tertiary/aromatic N) is 3. The number of carbonyl (C=O) groups is 1. The van der Waals surface area contributed by atoms with Gasteiger partial charge in [0, 0.05) is 34.5 Å². The molecule has 2 heterocycles. The van der Waals surface area contributed by atoms with Gasteiger partial charge in [-0.2, -0.15) is 4.98 Å². The molecular formula is C25H27ClN4O4S. The van der Waals surface area contributed by atoms with Crippen molar-refractivity contribution in [2.24, 2.45) is 0 Å². The second-order valence-corrected chi connectivity index (χ2v) is 8.74. The molecular weight excluding hydrogens is 488 g/mol. The third-order valence-corrected chi connectivity index (χ3v) is 6.21. The number of ether oxygens (including phenoxy) is 3. The number of nitrogens with one attached hydrogen (secondary N) is 1. The zero-order chi connectivity index (χ0) is 24.8. The molecule has 0 unspecified atom stereocenters. The third kappa shape index (κ3) is 5.68. The second-order valence-electron chi connectivity index (χ2n) is 7.47. The third-order valence-electron chi connectivity index (χ3n) is 5.09. The van der Waals surface area contributed by atoms with Crippen LogP contribution in [0.2, 0.25) is 5.02 Å². The molecule has 2 aromatic heterocycles. The van der Waals surface area contributed by atoms with Crippen molar-refractivity contribution >= 4 is 33.8 Å². The van der Waals surface area contributed by atoms with Crippen LogP contribution in [0.3, 0.4) is 0 Å². The summed E-state index contributed by atoms with van der Waals surface area (Å²) in [4.78, 5) is 18.3. The summed E-state index contributed by atoms with van der Waals surface area (Å²) in [6, 6.07) is 10.8. The first-order chi connectivity index (χ1) is 17.0. The monoisotopic (exact) mass is 514 g/mol. The van der Waals surface area contributed by atoms with Gasteiger partial charge >= 0.3 is 0 Å². The summed E-state index contributed by atoms with van der Waals surface area (Å²) in [7, 11) is 0. The van der Waals surface area contributed by atoms with Gasteiger partial charge in [0.25, 0.3) is 5.91 Å². The Morgan fingerprint density at radius 3 is 2.31 bits per heavy atom. The first-order valence-electron chi connectivity index (χ1n) is 11.5. The summed E-state index contributed by atoms with van der Waals surface area (Å²) in [6.45, 7) is 7.44.